The molecule has 0 bridgehead atoms. The van der Waals surface area contributed by atoms with Gasteiger partial charge in [-0.2, -0.15) is 0 Å². The molecule has 0 aliphatic heterocycles. The number of hydrogen-bond acceptors (Lipinski definition) is 4. The number of rotatable bonds is 5. The molecule has 0 radical (unpaired) electrons. The molecule has 2 aromatic carbocycles. The first-order valence-corrected chi connectivity index (χ1v) is 6.77. The van der Waals surface area contributed by atoms with E-state index in [1.54, 1.807) is 37.3 Å². The van der Waals surface area contributed by atoms with Crippen LogP contribution in [0.5, 0.6) is 5.75 Å². The first kappa shape index (κ1) is 15.8. The maximum Gasteiger partial charge on any atom is 0.272 e. The highest BCUT2D eigenvalue weighted by atomic mass is 35.5. The number of nitro benzene ring substituents is 1. The van der Waals surface area contributed by atoms with Gasteiger partial charge in [-0.25, -0.2) is 0 Å². The van der Waals surface area contributed by atoms with Gasteiger partial charge in [0.25, 0.3) is 11.6 Å². The number of amides is 1. The lowest BCUT2D eigenvalue weighted by molar-refractivity contribution is -0.385. The van der Waals surface area contributed by atoms with E-state index >= 15 is 0 Å². The molecule has 6 nitrogen and oxygen atoms in total. The highest BCUT2D eigenvalue weighted by Crippen LogP contribution is 2.21. The molecule has 1 amide bonds. The summed E-state index contributed by atoms with van der Waals surface area (Å²) < 4.78 is 5.31. The summed E-state index contributed by atoms with van der Waals surface area (Å²) in [5.74, 6) is 0.169. The number of carbonyl (C=O) groups excluding carboxylic acids is 1. The Bertz CT molecular complexity index is 701. The zero-order chi connectivity index (χ0) is 16.1. The van der Waals surface area contributed by atoms with Crippen molar-refractivity contribution in [3.8, 4) is 5.75 Å². The lowest BCUT2D eigenvalue weighted by atomic mass is 10.2. The van der Waals surface area contributed by atoms with E-state index in [2.05, 4.69) is 5.32 Å². The predicted molar refractivity (Wildman–Crippen MR) is 83.4 cm³/mol. The van der Waals surface area contributed by atoms with Gasteiger partial charge in [-0.3, -0.25) is 14.9 Å². The highest BCUT2D eigenvalue weighted by molar-refractivity contribution is 6.30. The summed E-state index contributed by atoms with van der Waals surface area (Å²) in [6.07, 6.45) is 0. The molecule has 2 rings (SSSR count). The number of carbonyl (C=O) groups is 1. The van der Waals surface area contributed by atoms with Crippen molar-refractivity contribution in [2.75, 3.05) is 11.9 Å². The van der Waals surface area contributed by atoms with Crippen molar-refractivity contribution in [2.24, 2.45) is 0 Å². The number of aryl methyl sites for hydroxylation is 1. The van der Waals surface area contributed by atoms with Gasteiger partial charge < -0.3 is 10.1 Å². The Labute approximate surface area is 131 Å². The Morgan fingerprint density at radius 2 is 1.95 bits per heavy atom. The molecule has 22 heavy (non-hydrogen) atoms. The molecule has 0 fully saturated rings. The zero-order valence-electron chi connectivity index (χ0n) is 11.7. The fourth-order valence-electron chi connectivity index (χ4n) is 1.81. The lowest BCUT2D eigenvalue weighted by Gasteiger charge is -2.08. The fourth-order valence-corrected chi connectivity index (χ4v) is 1.94. The van der Waals surface area contributed by atoms with Gasteiger partial charge in [0.05, 0.1) is 4.92 Å². The number of anilines is 1. The lowest BCUT2D eigenvalue weighted by Crippen LogP contribution is -2.20. The molecule has 0 atom stereocenters. The Balaban J connectivity index is 1.93. The van der Waals surface area contributed by atoms with Crippen LogP contribution < -0.4 is 10.1 Å². The van der Waals surface area contributed by atoms with Crippen molar-refractivity contribution < 1.29 is 14.5 Å². The van der Waals surface area contributed by atoms with E-state index in [-0.39, 0.29) is 18.2 Å². The number of hydrogen-bond donors (Lipinski definition) is 1. The molecule has 0 saturated carbocycles. The van der Waals surface area contributed by atoms with E-state index in [1.807, 2.05) is 0 Å². The largest absolute Gasteiger partial charge is 0.484 e. The van der Waals surface area contributed by atoms with Crippen molar-refractivity contribution in [1.29, 1.82) is 0 Å². The number of benzene rings is 2. The van der Waals surface area contributed by atoms with Crippen molar-refractivity contribution >= 4 is 28.9 Å². The van der Waals surface area contributed by atoms with E-state index < -0.39 is 4.92 Å². The topological polar surface area (TPSA) is 81.5 Å². The number of nitrogens with one attached hydrogen (secondary N) is 1. The Hall–Kier alpha value is -2.60. The molecular weight excluding hydrogens is 308 g/mol. The number of ether oxygens (including phenoxy) is 1. The molecular formula is C15H13ClN2O4. The minimum absolute atomic E-state index is 0.00964. The number of halogens is 1. The minimum Gasteiger partial charge on any atom is -0.484 e. The second-order valence-corrected chi connectivity index (χ2v) is 4.99. The first-order chi connectivity index (χ1) is 10.5. The fraction of sp³-hybridized carbons (Fsp3) is 0.133. The quantitative estimate of drug-likeness (QED) is 0.674. The molecule has 114 valence electrons. The molecule has 0 unspecified atom stereocenters. The van der Waals surface area contributed by atoms with Crippen LogP contribution in [0.4, 0.5) is 11.4 Å². The number of nitro groups is 1. The third kappa shape index (κ3) is 4.20. The van der Waals surface area contributed by atoms with Crippen molar-refractivity contribution in [1.82, 2.24) is 0 Å². The van der Waals surface area contributed by atoms with E-state index in [9.17, 15) is 14.9 Å². The molecule has 0 saturated heterocycles. The third-order valence-corrected chi connectivity index (χ3v) is 3.11. The second-order valence-electron chi connectivity index (χ2n) is 4.55. The maximum atomic E-state index is 11.8. The van der Waals surface area contributed by atoms with Crippen LogP contribution in [0.2, 0.25) is 5.02 Å². The van der Waals surface area contributed by atoms with Crippen LogP contribution in [0.25, 0.3) is 0 Å². The van der Waals surface area contributed by atoms with Crippen LogP contribution in [0, 0.1) is 17.0 Å². The standard InChI is InChI=1S/C15H13ClN2O4/c1-10-8-12(4-7-14(10)18(20)21)17-15(19)9-22-13-5-2-11(16)3-6-13/h2-8H,9H2,1H3,(H,17,19). The van der Waals surface area contributed by atoms with Gasteiger partial charge in [0.2, 0.25) is 0 Å². The highest BCUT2D eigenvalue weighted by Gasteiger charge is 2.11. The first-order valence-electron chi connectivity index (χ1n) is 6.39. The molecule has 7 heteroatoms. The van der Waals surface area contributed by atoms with Crippen molar-refractivity contribution in [2.45, 2.75) is 6.92 Å². The van der Waals surface area contributed by atoms with Gasteiger partial charge in [-0.05, 0) is 43.3 Å². The van der Waals surface area contributed by atoms with Crippen LogP contribution >= 0.6 is 11.6 Å². The summed E-state index contributed by atoms with van der Waals surface area (Å²) in [7, 11) is 0. The molecule has 0 aromatic heterocycles. The summed E-state index contributed by atoms with van der Waals surface area (Å²) in [6.45, 7) is 1.44. The van der Waals surface area contributed by atoms with Gasteiger partial charge in [0.1, 0.15) is 5.75 Å². The van der Waals surface area contributed by atoms with E-state index in [1.165, 1.54) is 12.1 Å². The van der Waals surface area contributed by atoms with E-state index in [0.29, 0.717) is 22.0 Å². The minimum atomic E-state index is -0.468. The third-order valence-electron chi connectivity index (χ3n) is 2.86. The monoisotopic (exact) mass is 320 g/mol. The average molecular weight is 321 g/mol. The van der Waals surface area contributed by atoms with E-state index in [0.717, 1.165) is 0 Å². The normalized spacial score (nSPS) is 10.1. The number of nitrogens with zero attached hydrogens (tertiary/aromatic N) is 1. The second kappa shape index (κ2) is 6.91. The van der Waals surface area contributed by atoms with Crippen LogP contribution in [0.3, 0.4) is 0 Å². The molecule has 0 aliphatic carbocycles. The smallest absolute Gasteiger partial charge is 0.272 e. The summed E-state index contributed by atoms with van der Waals surface area (Å²) in [5, 5.41) is 13.9. The van der Waals surface area contributed by atoms with Gasteiger partial charge in [-0.15, -0.1) is 0 Å². The summed E-state index contributed by atoms with van der Waals surface area (Å²) in [4.78, 5) is 22.0. The van der Waals surface area contributed by atoms with Gasteiger partial charge >= 0.3 is 0 Å². The Morgan fingerprint density at radius 1 is 1.27 bits per heavy atom. The van der Waals surface area contributed by atoms with Crippen LogP contribution in [-0.2, 0) is 4.79 Å². The molecule has 0 heterocycles. The molecule has 0 spiro atoms. The molecule has 1 N–H and O–H groups in total. The molecule has 0 aliphatic rings. The average Bonchev–Trinajstić information content (AvgIpc) is 2.46. The van der Waals surface area contributed by atoms with Gasteiger partial charge in [-0.1, -0.05) is 11.6 Å². The van der Waals surface area contributed by atoms with Gasteiger partial charge in [0, 0.05) is 22.3 Å². The van der Waals surface area contributed by atoms with Crippen LogP contribution in [-0.4, -0.2) is 17.4 Å². The van der Waals surface area contributed by atoms with Crippen LogP contribution in [0.15, 0.2) is 42.5 Å². The zero-order valence-corrected chi connectivity index (χ0v) is 12.5. The maximum absolute atomic E-state index is 11.8. The van der Waals surface area contributed by atoms with Crippen molar-refractivity contribution in [3.05, 3.63) is 63.2 Å². The van der Waals surface area contributed by atoms with Crippen LogP contribution in [0.1, 0.15) is 5.56 Å². The summed E-state index contributed by atoms with van der Waals surface area (Å²) >= 11 is 5.75. The Morgan fingerprint density at radius 3 is 2.55 bits per heavy atom. The molecule has 2 aromatic rings. The van der Waals surface area contributed by atoms with E-state index in [4.69, 9.17) is 16.3 Å². The SMILES string of the molecule is Cc1cc(NC(=O)COc2ccc(Cl)cc2)ccc1[N+](=O)[O-]. The summed E-state index contributed by atoms with van der Waals surface area (Å²) in [6, 6.07) is 11.0. The Kier molecular flexibility index (Phi) is 4.95. The van der Waals surface area contributed by atoms with Crippen molar-refractivity contribution in [3.63, 3.8) is 0 Å². The summed E-state index contributed by atoms with van der Waals surface area (Å²) in [5.41, 5.74) is 0.963. The predicted octanol–water partition coefficient (Wildman–Crippen LogP) is 3.57. The van der Waals surface area contributed by atoms with Gasteiger partial charge in [0.15, 0.2) is 6.61 Å².